The van der Waals surface area contributed by atoms with Gasteiger partial charge in [0.25, 0.3) is 0 Å². The Kier molecular flexibility index (Phi) is 3.49. The van der Waals surface area contributed by atoms with Gasteiger partial charge in [-0.3, -0.25) is 0 Å². The Labute approximate surface area is 90.3 Å². The van der Waals surface area contributed by atoms with Crippen LogP contribution in [0, 0.1) is 6.92 Å². The van der Waals surface area contributed by atoms with Crippen molar-refractivity contribution in [1.82, 2.24) is 5.32 Å². The molecule has 1 saturated heterocycles. The first kappa shape index (κ1) is 10.1. The quantitative estimate of drug-likeness (QED) is 0.800. The molecule has 1 nitrogen and oxygen atoms in total. The fourth-order valence-electron chi connectivity index (χ4n) is 1.72. The van der Waals surface area contributed by atoms with Crippen molar-refractivity contribution in [2.24, 2.45) is 0 Å². The van der Waals surface area contributed by atoms with Gasteiger partial charge in [0.15, 0.2) is 0 Å². The molecule has 1 aromatic carbocycles. The van der Waals surface area contributed by atoms with Crippen molar-refractivity contribution in [3.8, 4) is 0 Å². The Balaban J connectivity index is 1.92. The van der Waals surface area contributed by atoms with Crippen LogP contribution in [-0.2, 0) is 0 Å². The predicted molar refractivity (Wildman–Crippen MR) is 62.9 cm³/mol. The van der Waals surface area contributed by atoms with Gasteiger partial charge in [-0.25, -0.2) is 0 Å². The third kappa shape index (κ3) is 2.76. The third-order valence-electron chi connectivity index (χ3n) is 2.61. The first-order chi connectivity index (χ1) is 6.84. The summed E-state index contributed by atoms with van der Waals surface area (Å²) >= 11 is 2.03. The van der Waals surface area contributed by atoms with Crippen LogP contribution >= 0.6 is 11.8 Å². The SMILES string of the molecule is Cc1ccc(SC2CCNCC2)cc1. The van der Waals surface area contributed by atoms with Gasteiger partial charge < -0.3 is 5.32 Å². The molecule has 1 heterocycles. The number of thioether (sulfide) groups is 1. The maximum atomic E-state index is 3.40. The van der Waals surface area contributed by atoms with Gasteiger partial charge in [-0.05, 0) is 45.0 Å². The summed E-state index contributed by atoms with van der Waals surface area (Å²) < 4.78 is 0. The zero-order valence-electron chi connectivity index (χ0n) is 8.62. The van der Waals surface area contributed by atoms with Gasteiger partial charge in [-0.1, -0.05) is 17.7 Å². The van der Waals surface area contributed by atoms with Crippen LogP contribution < -0.4 is 5.32 Å². The number of hydrogen-bond donors (Lipinski definition) is 1. The molecule has 1 N–H and O–H groups in total. The third-order valence-corrected chi connectivity index (χ3v) is 3.96. The number of aryl methyl sites for hydroxylation is 1. The molecule has 1 aliphatic heterocycles. The van der Waals surface area contributed by atoms with Crippen molar-refractivity contribution in [2.75, 3.05) is 13.1 Å². The number of benzene rings is 1. The Morgan fingerprint density at radius 2 is 1.79 bits per heavy atom. The topological polar surface area (TPSA) is 12.0 Å². The fraction of sp³-hybridized carbons (Fsp3) is 0.500. The van der Waals surface area contributed by atoms with E-state index in [1.807, 2.05) is 11.8 Å². The van der Waals surface area contributed by atoms with Gasteiger partial charge >= 0.3 is 0 Å². The lowest BCUT2D eigenvalue weighted by Crippen LogP contribution is -2.29. The van der Waals surface area contributed by atoms with E-state index in [4.69, 9.17) is 0 Å². The molecule has 1 aromatic rings. The second kappa shape index (κ2) is 4.85. The Hall–Kier alpha value is -0.470. The molecule has 1 aliphatic rings. The molecular formula is C12H17NS. The number of hydrogen-bond acceptors (Lipinski definition) is 2. The molecule has 0 saturated carbocycles. The summed E-state index contributed by atoms with van der Waals surface area (Å²) in [5.74, 6) is 0. The Morgan fingerprint density at radius 3 is 2.43 bits per heavy atom. The van der Waals surface area contributed by atoms with Crippen LogP contribution in [0.3, 0.4) is 0 Å². The number of piperidine rings is 1. The van der Waals surface area contributed by atoms with Crippen molar-refractivity contribution in [3.63, 3.8) is 0 Å². The summed E-state index contributed by atoms with van der Waals surface area (Å²) in [6.07, 6.45) is 2.61. The van der Waals surface area contributed by atoms with E-state index in [0.29, 0.717) is 0 Å². The van der Waals surface area contributed by atoms with Gasteiger partial charge in [-0.2, -0.15) is 0 Å². The van der Waals surface area contributed by atoms with Crippen molar-refractivity contribution >= 4 is 11.8 Å². The molecule has 1 fully saturated rings. The van der Waals surface area contributed by atoms with Crippen LogP contribution in [0.2, 0.25) is 0 Å². The lowest BCUT2D eigenvalue weighted by Gasteiger charge is -2.21. The van der Waals surface area contributed by atoms with Crippen molar-refractivity contribution in [3.05, 3.63) is 29.8 Å². The monoisotopic (exact) mass is 207 g/mol. The summed E-state index contributed by atoms with van der Waals surface area (Å²) in [5.41, 5.74) is 1.35. The van der Waals surface area contributed by atoms with Crippen molar-refractivity contribution in [1.29, 1.82) is 0 Å². The Bertz CT molecular complexity index is 275. The summed E-state index contributed by atoms with van der Waals surface area (Å²) in [6.45, 7) is 4.51. The van der Waals surface area contributed by atoms with E-state index in [1.54, 1.807) is 0 Å². The van der Waals surface area contributed by atoms with Crippen LogP contribution in [0.5, 0.6) is 0 Å². The van der Waals surface area contributed by atoms with Gasteiger partial charge in [-0.15, -0.1) is 11.8 Å². The maximum Gasteiger partial charge on any atom is 0.0118 e. The normalized spacial score (nSPS) is 18.4. The predicted octanol–water partition coefficient (Wildman–Crippen LogP) is 2.84. The van der Waals surface area contributed by atoms with Crippen LogP contribution in [0.1, 0.15) is 18.4 Å². The molecule has 2 rings (SSSR count). The molecule has 2 heteroatoms. The lowest BCUT2D eigenvalue weighted by molar-refractivity contribution is 0.531. The van der Waals surface area contributed by atoms with Crippen LogP contribution in [0.4, 0.5) is 0 Å². The van der Waals surface area contributed by atoms with E-state index < -0.39 is 0 Å². The number of nitrogens with one attached hydrogen (secondary N) is 1. The Morgan fingerprint density at radius 1 is 1.14 bits per heavy atom. The minimum absolute atomic E-state index is 0.818. The molecule has 0 aliphatic carbocycles. The average Bonchev–Trinajstić information content (AvgIpc) is 2.23. The molecular weight excluding hydrogens is 190 g/mol. The highest BCUT2D eigenvalue weighted by molar-refractivity contribution is 8.00. The van der Waals surface area contributed by atoms with Crippen LogP contribution in [0.25, 0.3) is 0 Å². The highest BCUT2D eigenvalue weighted by atomic mass is 32.2. The summed E-state index contributed by atoms with van der Waals surface area (Å²) in [4.78, 5) is 1.42. The van der Waals surface area contributed by atoms with Gasteiger partial charge in [0.2, 0.25) is 0 Å². The second-order valence-electron chi connectivity index (χ2n) is 3.88. The molecule has 76 valence electrons. The smallest absolute Gasteiger partial charge is 0.0118 e. The molecule has 0 aromatic heterocycles. The van der Waals surface area contributed by atoms with Crippen molar-refractivity contribution in [2.45, 2.75) is 29.9 Å². The van der Waals surface area contributed by atoms with E-state index >= 15 is 0 Å². The van der Waals surface area contributed by atoms with Crippen LogP contribution in [-0.4, -0.2) is 18.3 Å². The minimum atomic E-state index is 0.818. The summed E-state index contributed by atoms with van der Waals surface area (Å²) in [5, 5.41) is 4.21. The highest BCUT2D eigenvalue weighted by Crippen LogP contribution is 2.28. The fourth-order valence-corrected chi connectivity index (χ4v) is 2.87. The molecule has 0 amide bonds. The lowest BCUT2D eigenvalue weighted by atomic mass is 10.2. The van der Waals surface area contributed by atoms with E-state index in [-0.39, 0.29) is 0 Å². The zero-order chi connectivity index (χ0) is 9.80. The van der Waals surface area contributed by atoms with E-state index in [9.17, 15) is 0 Å². The molecule has 0 bridgehead atoms. The maximum absolute atomic E-state index is 3.40. The van der Waals surface area contributed by atoms with E-state index in [2.05, 4.69) is 36.5 Å². The van der Waals surface area contributed by atoms with Crippen LogP contribution in [0.15, 0.2) is 29.2 Å². The molecule has 0 spiro atoms. The first-order valence-electron chi connectivity index (χ1n) is 5.28. The average molecular weight is 207 g/mol. The highest BCUT2D eigenvalue weighted by Gasteiger charge is 2.13. The standard InChI is InChI=1S/C12H17NS/c1-10-2-4-11(5-3-10)14-12-6-8-13-9-7-12/h2-5,12-13H,6-9H2,1H3. The molecule has 0 radical (unpaired) electrons. The second-order valence-corrected chi connectivity index (χ2v) is 5.25. The molecule has 14 heavy (non-hydrogen) atoms. The van der Waals surface area contributed by atoms with E-state index in [0.717, 1.165) is 5.25 Å². The summed E-state index contributed by atoms with van der Waals surface area (Å²) in [7, 11) is 0. The summed E-state index contributed by atoms with van der Waals surface area (Å²) in [6, 6.07) is 8.87. The van der Waals surface area contributed by atoms with Gasteiger partial charge in [0, 0.05) is 10.1 Å². The molecule has 0 unspecified atom stereocenters. The van der Waals surface area contributed by atoms with Crippen molar-refractivity contribution < 1.29 is 0 Å². The molecule has 0 atom stereocenters. The minimum Gasteiger partial charge on any atom is -0.317 e. The first-order valence-corrected chi connectivity index (χ1v) is 6.16. The van der Waals surface area contributed by atoms with Gasteiger partial charge in [0.1, 0.15) is 0 Å². The van der Waals surface area contributed by atoms with Gasteiger partial charge in [0.05, 0.1) is 0 Å². The number of rotatable bonds is 2. The largest absolute Gasteiger partial charge is 0.317 e. The zero-order valence-corrected chi connectivity index (χ0v) is 9.44. The van der Waals surface area contributed by atoms with E-state index in [1.165, 1.54) is 36.4 Å².